The molecule has 0 unspecified atom stereocenters. The van der Waals surface area contributed by atoms with Crippen LogP contribution in [0.2, 0.25) is 0 Å². The van der Waals surface area contributed by atoms with Crippen LogP contribution in [-0.2, 0) is 4.43 Å². The van der Waals surface area contributed by atoms with Crippen molar-refractivity contribution >= 4 is 19.4 Å². The largest absolute Gasteiger partial charge is 0.404 e. The molecule has 0 aromatic heterocycles. The summed E-state index contributed by atoms with van der Waals surface area (Å²) in [6, 6.07) is 21.0. The van der Waals surface area contributed by atoms with Crippen molar-refractivity contribution in [1.29, 1.82) is 0 Å². The average Bonchev–Trinajstić information content (AvgIpc) is 2.54. The molecule has 107 valence electrons. The van der Waals surface area contributed by atoms with E-state index < -0.39 is 9.04 Å². The zero-order valence-corrected chi connectivity index (χ0v) is 13.2. The Bertz CT molecular complexity index is 501. The van der Waals surface area contributed by atoms with E-state index in [1.54, 1.807) is 0 Å². The van der Waals surface area contributed by atoms with Crippen molar-refractivity contribution in [3.63, 3.8) is 0 Å². The van der Waals surface area contributed by atoms with Crippen LogP contribution in [-0.4, -0.2) is 15.1 Å². The van der Waals surface area contributed by atoms with Crippen LogP contribution in [0.1, 0.15) is 12.8 Å². The van der Waals surface area contributed by atoms with Gasteiger partial charge in [0, 0.05) is 0 Å². The van der Waals surface area contributed by atoms with Gasteiger partial charge >= 0.3 is 0 Å². The fourth-order valence-electron chi connectivity index (χ4n) is 2.21. The van der Waals surface area contributed by atoms with E-state index in [0.717, 1.165) is 12.8 Å². The predicted octanol–water partition coefficient (Wildman–Crippen LogP) is 3.33. The molecule has 2 rings (SSSR count). The van der Waals surface area contributed by atoms with Gasteiger partial charge in [0.1, 0.15) is 0 Å². The summed E-state index contributed by atoms with van der Waals surface area (Å²) in [5.74, 6) is 0. The molecule has 0 aliphatic carbocycles. The second-order valence-corrected chi connectivity index (χ2v) is 6.90. The molecule has 0 aliphatic heterocycles. The van der Waals surface area contributed by atoms with Gasteiger partial charge in [0.05, 0.1) is 6.10 Å². The molecule has 2 aromatic rings. The zero-order valence-electron chi connectivity index (χ0n) is 12.2. The third-order valence-electron chi connectivity index (χ3n) is 3.22. The fourth-order valence-corrected chi connectivity index (χ4v) is 4.33. The van der Waals surface area contributed by atoms with Crippen LogP contribution in [0.25, 0.3) is 0 Å². The van der Waals surface area contributed by atoms with Gasteiger partial charge in [0.15, 0.2) is 0 Å². The van der Waals surface area contributed by atoms with Crippen LogP contribution in [0, 0.1) is 0 Å². The molecular weight excluding hydrogens is 272 g/mol. The third-order valence-corrected chi connectivity index (χ3v) is 5.50. The Labute approximate surface area is 129 Å². The summed E-state index contributed by atoms with van der Waals surface area (Å²) >= 11 is 0. The van der Waals surface area contributed by atoms with Crippen molar-refractivity contribution in [3.05, 3.63) is 86.0 Å². The molecule has 0 amide bonds. The molecule has 0 saturated heterocycles. The van der Waals surface area contributed by atoms with Gasteiger partial charge in [-0.15, -0.1) is 13.2 Å². The minimum absolute atomic E-state index is 0.148. The minimum Gasteiger partial charge on any atom is -0.404 e. The Hall–Kier alpha value is -1.90. The second kappa shape index (κ2) is 8.40. The molecule has 0 saturated carbocycles. The van der Waals surface area contributed by atoms with Gasteiger partial charge < -0.3 is 4.43 Å². The summed E-state index contributed by atoms with van der Waals surface area (Å²) in [6.07, 6.45) is 5.68. The third kappa shape index (κ3) is 4.55. The standard InChI is InChI=1S/C19H21OSi/c1-3-11-17(12-4-2)20-21(18-13-7-5-8-14-18)19-15-9-6-10-16-19/h3-10,13-17H,1-2,11-12H2. The smallest absolute Gasteiger partial charge is 0.283 e. The lowest BCUT2D eigenvalue weighted by atomic mass is 10.2. The summed E-state index contributed by atoms with van der Waals surface area (Å²) in [5.41, 5.74) is 0. The topological polar surface area (TPSA) is 9.23 Å². The van der Waals surface area contributed by atoms with Crippen molar-refractivity contribution in [1.82, 2.24) is 0 Å². The Morgan fingerprint density at radius 2 is 1.24 bits per heavy atom. The van der Waals surface area contributed by atoms with E-state index in [0.29, 0.717) is 0 Å². The number of benzene rings is 2. The first-order chi connectivity index (χ1) is 10.3. The molecular formula is C19H21OSi. The molecule has 0 N–H and O–H groups in total. The quantitative estimate of drug-likeness (QED) is 0.536. The molecule has 1 radical (unpaired) electrons. The number of hydrogen-bond acceptors (Lipinski definition) is 1. The first kappa shape index (κ1) is 15.5. The van der Waals surface area contributed by atoms with Gasteiger partial charge in [-0.1, -0.05) is 72.8 Å². The van der Waals surface area contributed by atoms with E-state index in [-0.39, 0.29) is 6.10 Å². The fraction of sp³-hybridized carbons (Fsp3) is 0.158. The monoisotopic (exact) mass is 293 g/mol. The summed E-state index contributed by atoms with van der Waals surface area (Å²) in [5, 5.41) is 2.54. The lowest BCUT2D eigenvalue weighted by molar-refractivity contribution is 0.217. The van der Waals surface area contributed by atoms with Gasteiger partial charge in [-0.2, -0.15) is 0 Å². The second-order valence-electron chi connectivity index (χ2n) is 4.85. The number of rotatable bonds is 8. The summed E-state index contributed by atoms with van der Waals surface area (Å²) in [7, 11) is -1.24. The molecule has 2 aromatic carbocycles. The Kier molecular flexibility index (Phi) is 6.19. The van der Waals surface area contributed by atoms with Crippen LogP contribution in [0.15, 0.2) is 86.0 Å². The summed E-state index contributed by atoms with van der Waals surface area (Å²) < 4.78 is 6.46. The van der Waals surface area contributed by atoms with Gasteiger partial charge in [0.25, 0.3) is 9.04 Å². The van der Waals surface area contributed by atoms with Crippen LogP contribution in [0.4, 0.5) is 0 Å². The first-order valence-corrected chi connectivity index (χ1v) is 8.62. The molecule has 0 aliphatic rings. The van der Waals surface area contributed by atoms with Crippen molar-refractivity contribution in [2.75, 3.05) is 0 Å². The van der Waals surface area contributed by atoms with Gasteiger partial charge in [0.2, 0.25) is 0 Å². The van der Waals surface area contributed by atoms with Crippen molar-refractivity contribution in [2.45, 2.75) is 18.9 Å². The van der Waals surface area contributed by atoms with E-state index in [4.69, 9.17) is 4.43 Å². The normalized spacial score (nSPS) is 10.8. The van der Waals surface area contributed by atoms with E-state index in [2.05, 4.69) is 61.7 Å². The highest BCUT2D eigenvalue weighted by Gasteiger charge is 2.22. The molecule has 0 bridgehead atoms. The van der Waals surface area contributed by atoms with Crippen molar-refractivity contribution in [2.24, 2.45) is 0 Å². The van der Waals surface area contributed by atoms with E-state index in [1.807, 2.05) is 24.3 Å². The lowest BCUT2D eigenvalue weighted by Crippen LogP contribution is -2.47. The molecule has 0 atom stereocenters. The molecule has 0 heterocycles. The SMILES string of the molecule is C=CCC(CC=C)O[Si](c1ccccc1)c1ccccc1. The highest BCUT2D eigenvalue weighted by molar-refractivity contribution is 6.80. The maximum Gasteiger partial charge on any atom is 0.283 e. The lowest BCUT2D eigenvalue weighted by Gasteiger charge is -2.22. The maximum atomic E-state index is 6.46. The van der Waals surface area contributed by atoms with Crippen LogP contribution in [0.3, 0.4) is 0 Å². The van der Waals surface area contributed by atoms with Crippen LogP contribution < -0.4 is 10.4 Å². The summed E-state index contributed by atoms with van der Waals surface area (Å²) in [6.45, 7) is 7.67. The van der Waals surface area contributed by atoms with Crippen LogP contribution in [0.5, 0.6) is 0 Å². The van der Waals surface area contributed by atoms with Gasteiger partial charge in [-0.05, 0) is 23.2 Å². The highest BCUT2D eigenvalue weighted by Crippen LogP contribution is 2.08. The molecule has 0 fully saturated rings. The molecule has 21 heavy (non-hydrogen) atoms. The predicted molar refractivity (Wildman–Crippen MR) is 92.4 cm³/mol. The Balaban J connectivity index is 2.28. The van der Waals surface area contributed by atoms with E-state index in [9.17, 15) is 0 Å². The van der Waals surface area contributed by atoms with E-state index >= 15 is 0 Å². The van der Waals surface area contributed by atoms with Gasteiger partial charge in [-0.3, -0.25) is 0 Å². The highest BCUT2D eigenvalue weighted by atomic mass is 28.3. The molecule has 2 heteroatoms. The van der Waals surface area contributed by atoms with Crippen molar-refractivity contribution in [3.8, 4) is 0 Å². The molecule has 1 nitrogen and oxygen atoms in total. The van der Waals surface area contributed by atoms with Gasteiger partial charge in [-0.25, -0.2) is 0 Å². The molecule has 0 spiro atoms. The zero-order chi connectivity index (χ0) is 14.9. The minimum atomic E-state index is -1.24. The van der Waals surface area contributed by atoms with E-state index in [1.165, 1.54) is 10.4 Å². The number of hydrogen-bond donors (Lipinski definition) is 0. The first-order valence-electron chi connectivity index (χ1n) is 7.21. The van der Waals surface area contributed by atoms with Crippen molar-refractivity contribution < 1.29 is 4.43 Å². The Morgan fingerprint density at radius 3 is 1.62 bits per heavy atom. The van der Waals surface area contributed by atoms with Crippen LogP contribution >= 0.6 is 0 Å². The Morgan fingerprint density at radius 1 is 0.810 bits per heavy atom. The maximum absolute atomic E-state index is 6.46. The average molecular weight is 293 g/mol. The summed E-state index contributed by atoms with van der Waals surface area (Å²) in [4.78, 5) is 0.